The zero-order valence-electron chi connectivity index (χ0n) is 16.9. The zero-order valence-corrected chi connectivity index (χ0v) is 16.9. The normalized spacial score (nSPS) is 12.0. The maximum Gasteiger partial charge on any atom is 0.251 e. The van der Waals surface area contributed by atoms with Crippen LogP contribution in [-0.2, 0) is 19.3 Å². The molecule has 6 heteroatoms. The summed E-state index contributed by atoms with van der Waals surface area (Å²) < 4.78 is 5.84. The number of oxazole rings is 1. The van der Waals surface area contributed by atoms with Crippen molar-refractivity contribution in [2.24, 2.45) is 0 Å². The average Bonchev–Trinajstić information content (AvgIpc) is 3.17. The molecule has 0 fully saturated rings. The molecule has 0 unspecified atom stereocenters. The van der Waals surface area contributed by atoms with Crippen molar-refractivity contribution in [3.63, 3.8) is 0 Å². The van der Waals surface area contributed by atoms with Gasteiger partial charge >= 0.3 is 0 Å². The van der Waals surface area contributed by atoms with Crippen LogP contribution in [0.3, 0.4) is 0 Å². The second kappa shape index (κ2) is 9.31. The predicted molar refractivity (Wildman–Crippen MR) is 115 cm³/mol. The molecule has 152 valence electrons. The smallest absolute Gasteiger partial charge is 0.251 e. The van der Waals surface area contributed by atoms with Crippen LogP contribution in [0.5, 0.6) is 0 Å². The first-order valence-electron chi connectivity index (χ1n) is 10.2. The van der Waals surface area contributed by atoms with E-state index in [4.69, 9.17) is 4.42 Å². The van der Waals surface area contributed by atoms with Crippen LogP contribution >= 0.6 is 0 Å². The number of fused-ring (bicyclic) bond motifs is 1. The Balaban J connectivity index is 1.36. The lowest BCUT2D eigenvalue weighted by Crippen LogP contribution is -2.34. The first kappa shape index (κ1) is 19.8. The number of nitrogens with zero attached hydrogens (tertiary/aromatic N) is 3. The summed E-state index contributed by atoms with van der Waals surface area (Å²) in [6.45, 7) is 1.95. The number of carbonyl (C=O) groups is 1. The molecule has 0 aliphatic heterocycles. The van der Waals surface area contributed by atoms with Crippen molar-refractivity contribution in [1.29, 1.82) is 0 Å². The molecule has 0 saturated carbocycles. The van der Waals surface area contributed by atoms with Crippen LogP contribution in [0.4, 0.5) is 0 Å². The number of amides is 1. The van der Waals surface area contributed by atoms with Gasteiger partial charge in [0.25, 0.3) is 5.91 Å². The van der Waals surface area contributed by atoms with Crippen molar-refractivity contribution in [3.05, 3.63) is 89.8 Å². The molecule has 2 aromatic carbocycles. The zero-order chi connectivity index (χ0) is 20.8. The SMILES string of the molecule is C[C@@H](Cc1cnccn1)NC(=O)c1ccc2oc(CCCc3ccccc3)nc2c1. The minimum absolute atomic E-state index is 0.0595. The summed E-state index contributed by atoms with van der Waals surface area (Å²) >= 11 is 0. The molecule has 0 radical (unpaired) electrons. The topological polar surface area (TPSA) is 80.9 Å². The van der Waals surface area contributed by atoms with Crippen LogP contribution in [0.15, 0.2) is 71.5 Å². The Morgan fingerprint density at radius 3 is 2.77 bits per heavy atom. The molecule has 1 atom stereocenters. The molecule has 4 aromatic rings. The summed E-state index contributed by atoms with van der Waals surface area (Å²) in [6, 6.07) is 15.7. The molecule has 30 heavy (non-hydrogen) atoms. The molecule has 0 saturated heterocycles. The fourth-order valence-electron chi connectivity index (χ4n) is 3.42. The van der Waals surface area contributed by atoms with Crippen molar-refractivity contribution in [3.8, 4) is 0 Å². The molecule has 6 nitrogen and oxygen atoms in total. The highest BCUT2D eigenvalue weighted by molar-refractivity contribution is 5.97. The quantitative estimate of drug-likeness (QED) is 0.480. The van der Waals surface area contributed by atoms with E-state index in [1.54, 1.807) is 30.7 Å². The minimum atomic E-state index is -0.137. The summed E-state index contributed by atoms with van der Waals surface area (Å²) in [7, 11) is 0. The number of rotatable bonds is 8. The third kappa shape index (κ3) is 5.08. The molecule has 1 amide bonds. The number of nitrogens with one attached hydrogen (secondary N) is 1. The van der Waals surface area contributed by atoms with Gasteiger partial charge in [0.15, 0.2) is 11.5 Å². The maximum absolute atomic E-state index is 12.6. The summed E-state index contributed by atoms with van der Waals surface area (Å²) in [5.74, 6) is 0.566. The Morgan fingerprint density at radius 2 is 1.97 bits per heavy atom. The number of hydrogen-bond acceptors (Lipinski definition) is 5. The minimum Gasteiger partial charge on any atom is -0.441 e. The van der Waals surface area contributed by atoms with E-state index in [1.165, 1.54) is 5.56 Å². The number of aryl methyl sites for hydroxylation is 2. The van der Waals surface area contributed by atoms with E-state index in [9.17, 15) is 4.79 Å². The Morgan fingerprint density at radius 1 is 1.10 bits per heavy atom. The van der Waals surface area contributed by atoms with Crippen LogP contribution in [-0.4, -0.2) is 26.9 Å². The second-order valence-electron chi connectivity index (χ2n) is 7.40. The number of aromatic nitrogens is 3. The van der Waals surface area contributed by atoms with E-state index in [0.717, 1.165) is 25.0 Å². The molecule has 2 heterocycles. The Kier molecular flexibility index (Phi) is 6.13. The Bertz CT molecular complexity index is 1110. The van der Waals surface area contributed by atoms with E-state index < -0.39 is 0 Å². The van der Waals surface area contributed by atoms with Gasteiger partial charge in [-0.25, -0.2) is 4.98 Å². The van der Waals surface area contributed by atoms with Gasteiger partial charge in [0.2, 0.25) is 0 Å². The average molecular weight is 400 g/mol. The molecule has 0 bridgehead atoms. The molecule has 0 spiro atoms. The molecule has 0 aliphatic rings. The molecular weight excluding hydrogens is 376 g/mol. The summed E-state index contributed by atoms with van der Waals surface area (Å²) in [5, 5.41) is 3.00. The number of benzene rings is 2. The molecule has 1 N–H and O–H groups in total. The van der Waals surface area contributed by atoms with Gasteiger partial charge in [-0.15, -0.1) is 0 Å². The Hall–Kier alpha value is -3.54. The van der Waals surface area contributed by atoms with Crippen LogP contribution in [0, 0.1) is 0 Å². The lowest BCUT2D eigenvalue weighted by molar-refractivity contribution is 0.0940. The number of carbonyl (C=O) groups excluding carboxylic acids is 1. The monoisotopic (exact) mass is 400 g/mol. The van der Waals surface area contributed by atoms with E-state index in [1.807, 2.05) is 19.1 Å². The third-order valence-electron chi connectivity index (χ3n) is 4.90. The highest BCUT2D eigenvalue weighted by atomic mass is 16.3. The van der Waals surface area contributed by atoms with Gasteiger partial charge in [-0.2, -0.15) is 0 Å². The fourth-order valence-corrected chi connectivity index (χ4v) is 3.42. The van der Waals surface area contributed by atoms with Crippen LogP contribution in [0.2, 0.25) is 0 Å². The Labute approximate surface area is 175 Å². The lowest BCUT2D eigenvalue weighted by Gasteiger charge is -2.13. The van der Waals surface area contributed by atoms with E-state index in [0.29, 0.717) is 29.0 Å². The van der Waals surface area contributed by atoms with Gasteiger partial charge in [-0.1, -0.05) is 30.3 Å². The van der Waals surface area contributed by atoms with Crippen LogP contribution < -0.4 is 5.32 Å². The van der Waals surface area contributed by atoms with Gasteiger partial charge < -0.3 is 9.73 Å². The van der Waals surface area contributed by atoms with Crippen molar-refractivity contribution in [1.82, 2.24) is 20.3 Å². The highest BCUT2D eigenvalue weighted by Gasteiger charge is 2.14. The first-order chi connectivity index (χ1) is 14.7. The third-order valence-corrected chi connectivity index (χ3v) is 4.90. The van der Waals surface area contributed by atoms with Crippen LogP contribution in [0.1, 0.15) is 40.9 Å². The lowest BCUT2D eigenvalue weighted by atomic mass is 10.1. The van der Waals surface area contributed by atoms with Gasteiger partial charge in [0, 0.05) is 43.0 Å². The predicted octanol–water partition coefficient (Wildman–Crippen LogP) is 4.15. The van der Waals surface area contributed by atoms with Crippen molar-refractivity contribution in [2.75, 3.05) is 0 Å². The van der Waals surface area contributed by atoms with Crippen molar-refractivity contribution in [2.45, 2.75) is 38.6 Å². The van der Waals surface area contributed by atoms with Crippen molar-refractivity contribution >= 4 is 17.0 Å². The van der Waals surface area contributed by atoms with E-state index >= 15 is 0 Å². The summed E-state index contributed by atoms with van der Waals surface area (Å²) in [4.78, 5) is 25.5. The van der Waals surface area contributed by atoms with Crippen LogP contribution in [0.25, 0.3) is 11.1 Å². The first-order valence-corrected chi connectivity index (χ1v) is 10.2. The second-order valence-corrected chi connectivity index (χ2v) is 7.40. The standard InChI is InChI=1S/C24H24N4O2/c1-17(14-20-16-25-12-13-26-20)27-24(29)19-10-11-22-21(15-19)28-23(30-22)9-5-8-18-6-3-2-4-7-18/h2-4,6-7,10-13,15-17H,5,8-9,14H2,1H3,(H,27,29)/t17-/m0/s1. The molecule has 0 aliphatic carbocycles. The maximum atomic E-state index is 12.6. The summed E-state index contributed by atoms with van der Waals surface area (Å²) in [5.41, 5.74) is 4.13. The molecule has 2 aromatic heterocycles. The molecule has 4 rings (SSSR count). The largest absolute Gasteiger partial charge is 0.441 e. The fraction of sp³-hybridized carbons (Fsp3) is 0.250. The number of hydrogen-bond donors (Lipinski definition) is 1. The summed E-state index contributed by atoms with van der Waals surface area (Å²) in [6.07, 6.45) is 8.33. The van der Waals surface area contributed by atoms with E-state index in [-0.39, 0.29) is 11.9 Å². The van der Waals surface area contributed by atoms with Gasteiger partial charge in [-0.3, -0.25) is 14.8 Å². The van der Waals surface area contributed by atoms with Gasteiger partial charge in [0.1, 0.15) is 5.52 Å². The van der Waals surface area contributed by atoms with Gasteiger partial charge in [-0.05, 0) is 43.5 Å². The highest BCUT2D eigenvalue weighted by Crippen LogP contribution is 2.19. The molecular formula is C24H24N4O2. The van der Waals surface area contributed by atoms with Crippen molar-refractivity contribution < 1.29 is 9.21 Å². The van der Waals surface area contributed by atoms with E-state index in [2.05, 4.69) is 44.5 Å². The van der Waals surface area contributed by atoms with Gasteiger partial charge in [0.05, 0.1) is 5.69 Å².